The molecule has 18 heavy (non-hydrogen) atoms. The Morgan fingerprint density at radius 3 is 2.67 bits per heavy atom. The van der Waals surface area contributed by atoms with Gasteiger partial charge in [-0.25, -0.2) is 0 Å². The van der Waals surface area contributed by atoms with E-state index in [0.717, 1.165) is 15.0 Å². The van der Waals surface area contributed by atoms with E-state index in [1.54, 1.807) is 0 Å². The molecule has 0 aliphatic heterocycles. The minimum Gasteiger partial charge on any atom is -0.325 e. The first-order valence-corrected chi connectivity index (χ1v) is 7.17. The molecule has 1 N–H and O–H groups in total. The quantitative estimate of drug-likeness (QED) is 0.874. The Morgan fingerprint density at radius 1 is 1.33 bits per heavy atom. The second-order valence-corrected chi connectivity index (χ2v) is 6.47. The van der Waals surface area contributed by atoms with Gasteiger partial charge in [-0.2, -0.15) is 0 Å². The zero-order valence-corrected chi connectivity index (χ0v) is 11.7. The predicted octanol–water partition coefficient (Wildman–Crippen LogP) is 2.97. The van der Waals surface area contributed by atoms with Crippen molar-refractivity contribution in [1.29, 1.82) is 0 Å². The third-order valence-electron chi connectivity index (χ3n) is 2.20. The maximum Gasteiger partial charge on any atom is 0.237 e. The van der Waals surface area contributed by atoms with E-state index in [1.165, 1.54) is 23.1 Å². The Kier molecular flexibility index (Phi) is 4.33. The van der Waals surface area contributed by atoms with Crippen LogP contribution in [-0.4, -0.2) is 21.4 Å². The van der Waals surface area contributed by atoms with E-state index >= 15 is 0 Å². The number of nitrogens with one attached hydrogen (secondary N) is 1. The summed E-state index contributed by atoms with van der Waals surface area (Å²) in [4.78, 5) is 11.9. The summed E-state index contributed by atoms with van der Waals surface area (Å²) in [5.41, 5.74) is 0.809. The molecule has 0 fully saturated rings. The summed E-state index contributed by atoms with van der Waals surface area (Å²) in [6.45, 7) is 3.76. The SMILES string of the molecule is Cc1nnc(S[C@H](C)C(=O)Nc2ccccc2)s1. The van der Waals surface area contributed by atoms with Crippen LogP contribution in [0.5, 0.6) is 0 Å². The smallest absolute Gasteiger partial charge is 0.237 e. The zero-order chi connectivity index (χ0) is 13.0. The third-order valence-corrected chi connectivity index (χ3v) is 4.22. The first kappa shape index (κ1) is 13.0. The summed E-state index contributed by atoms with van der Waals surface area (Å²) in [5, 5.41) is 11.5. The van der Waals surface area contributed by atoms with Gasteiger partial charge in [0, 0.05) is 5.69 Å². The Balaban J connectivity index is 1.93. The maximum absolute atomic E-state index is 11.9. The maximum atomic E-state index is 11.9. The van der Waals surface area contributed by atoms with Crippen molar-refractivity contribution < 1.29 is 4.79 Å². The van der Waals surface area contributed by atoms with Crippen molar-refractivity contribution in [2.75, 3.05) is 5.32 Å². The molecule has 4 nitrogen and oxygen atoms in total. The van der Waals surface area contributed by atoms with Crippen LogP contribution in [0.3, 0.4) is 0 Å². The van der Waals surface area contributed by atoms with Crippen LogP contribution in [-0.2, 0) is 4.79 Å². The highest BCUT2D eigenvalue weighted by Crippen LogP contribution is 2.26. The van der Waals surface area contributed by atoms with Crippen LogP contribution in [0.25, 0.3) is 0 Å². The van der Waals surface area contributed by atoms with Gasteiger partial charge in [0.25, 0.3) is 0 Å². The Morgan fingerprint density at radius 2 is 2.06 bits per heavy atom. The molecule has 94 valence electrons. The summed E-state index contributed by atoms with van der Waals surface area (Å²) in [6, 6.07) is 9.43. The third kappa shape index (κ3) is 3.54. The summed E-state index contributed by atoms with van der Waals surface area (Å²) in [6.07, 6.45) is 0. The molecule has 1 amide bonds. The molecule has 1 aromatic carbocycles. The van der Waals surface area contributed by atoms with Gasteiger partial charge in [-0.15, -0.1) is 10.2 Å². The lowest BCUT2D eigenvalue weighted by atomic mass is 10.3. The number of anilines is 1. The van der Waals surface area contributed by atoms with Crippen molar-refractivity contribution in [2.24, 2.45) is 0 Å². The number of thioether (sulfide) groups is 1. The van der Waals surface area contributed by atoms with Gasteiger partial charge in [0.1, 0.15) is 5.01 Å². The Labute approximate surface area is 114 Å². The number of nitrogens with zero attached hydrogens (tertiary/aromatic N) is 2. The highest BCUT2D eigenvalue weighted by Gasteiger charge is 2.16. The summed E-state index contributed by atoms with van der Waals surface area (Å²) >= 11 is 2.93. The van der Waals surface area contributed by atoms with Crippen molar-refractivity contribution >= 4 is 34.7 Å². The van der Waals surface area contributed by atoms with E-state index in [2.05, 4.69) is 15.5 Å². The molecular formula is C12H13N3OS2. The first-order valence-electron chi connectivity index (χ1n) is 5.48. The number of hydrogen-bond donors (Lipinski definition) is 1. The number of aromatic nitrogens is 2. The molecule has 1 heterocycles. The molecule has 0 unspecified atom stereocenters. The van der Waals surface area contributed by atoms with Gasteiger partial charge in [-0.1, -0.05) is 41.3 Å². The summed E-state index contributed by atoms with van der Waals surface area (Å²) in [5.74, 6) is -0.0287. The van der Waals surface area contributed by atoms with Gasteiger partial charge in [-0.05, 0) is 26.0 Å². The van der Waals surface area contributed by atoms with Crippen LogP contribution in [0, 0.1) is 6.92 Å². The Hall–Kier alpha value is -1.40. The number of amides is 1. The molecule has 2 aromatic rings. The average molecular weight is 279 g/mol. The first-order chi connectivity index (χ1) is 8.65. The van der Waals surface area contributed by atoms with Crippen LogP contribution in [0.15, 0.2) is 34.7 Å². The Bertz CT molecular complexity index is 527. The average Bonchev–Trinajstić information content (AvgIpc) is 2.76. The second-order valence-electron chi connectivity index (χ2n) is 3.70. The molecule has 0 saturated carbocycles. The largest absolute Gasteiger partial charge is 0.325 e. The van der Waals surface area contributed by atoms with E-state index < -0.39 is 0 Å². The van der Waals surface area contributed by atoms with Gasteiger partial charge in [-0.3, -0.25) is 4.79 Å². The molecule has 1 atom stereocenters. The number of hydrogen-bond acceptors (Lipinski definition) is 5. The van der Waals surface area contributed by atoms with Crippen molar-refractivity contribution in [2.45, 2.75) is 23.4 Å². The lowest BCUT2D eigenvalue weighted by Crippen LogP contribution is -2.22. The van der Waals surface area contributed by atoms with Crippen LogP contribution < -0.4 is 5.32 Å². The molecule has 2 rings (SSSR count). The molecule has 6 heteroatoms. The lowest BCUT2D eigenvalue weighted by molar-refractivity contribution is -0.115. The lowest BCUT2D eigenvalue weighted by Gasteiger charge is -2.09. The van der Waals surface area contributed by atoms with Crippen molar-refractivity contribution in [1.82, 2.24) is 10.2 Å². The van der Waals surface area contributed by atoms with Gasteiger partial charge in [0.15, 0.2) is 4.34 Å². The number of carbonyl (C=O) groups excluding carboxylic acids is 1. The summed E-state index contributed by atoms with van der Waals surface area (Å²) in [7, 11) is 0. The van der Waals surface area contributed by atoms with E-state index in [9.17, 15) is 4.79 Å². The van der Waals surface area contributed by atoms with E-state index in [0.29, 0.717) is 0 Å². The van der Waals surface area contributed by atoms with Gasteiger partial charge in [0.2, 0.25) is 5.91 Å². The van der Waals surface area contributed by atoms with Crippen LogP contribution in [0.1, 0.15) is 11.9 Å². The normalized spacial score (nSPS) is 12.1. The molecule has 1 aromatic heterocycles. The molecule has 0 radical (unpaired) electrons. The van der Waals surface area contributed by atoms with E-state index in [4.69, 9.17) is 0 Å². The fourth-order valence-corrected chi connectivity index (χ4v) is 3.26. The highest BCUT2D eigenvalue weighted by atomic mass is 32.2. The predicted molar refractivity (Wildman–Crippen MR) is 75.0 cm³/mol. The van der Waals surface area contributed by atoms with Crippen LogP contribution in [0.2, 0.25) is 0 Å². The zero-order valence-electron chi connectivity index (χ0n) is 10.1. The number of benzene rings is 1. The minimum absolute atomic E-state index is 0.0287. The minimum atomic E-state index is -0.197. The highest BCUT2D eigenvalue weighted by molar-refractivity contribution is 8.02. The molecular weight excluding hydrogens is 266 g/mol. The molecule has 0 aliphatic rings. The van der Waals surface area contributed by atoms with Gasteiger partial charge in [0.05, 0.1) is 5.25 Å². The number of para-hydroxylation sites is 1. The van der Waals surface area contributed by atoms with Crippen molar-refractivity contribution in [3.8, 4) is 0 Å². The van der Waals surface area contributed by atoms with Crippen LogP contribution in [0.4, 0.5) is 5.69 Å². The summed E-state index contributed by atoms with van der Waals surface area (Å²) < 4.78 is 0.822. The van der Waals surface area contributed by atoms with E-state index in [1.807, 2.05) is 44.2 Å². The van der Waals surface area contributed by atoms with Gasteiger partial charge >= 0.3 is 0 Å². The fraction of sp³-hybridized carbons (Fsp3) is 0.250. The van der Waals surface area contributed by atoms with Crippen molar-refractivity contribution in [3.63, 3.8) is 0 Å². The monoisotopic (exact) mass is 279 g/mol. The molecule has 0 spiro atoms. The number of rotatable bonds is 4. The fourth-order valence-electron chi connectivity index (χ4n) is 1.30. The van der Waals surface area contributed by atoms with E-state index in [-0.39, 0.29) is 11.2 Å². The van der Waals surface area contributed by atoms with Crippen molar-refractivity contribution in [3.05, 3.63) is 35.3 Å². The molecule has 0 aliphatic carbocycles. The standard InChI is InChI=1S/C12H13N3OS2/c1-8(17-12-15-14-9(2)18-12)11(16)13-10-6-4-3-5-7-10/h3-8H,1-2H3,(H,13,16)/t8-/m1/s1. The number of aryl methyl sites for hydroxylation is 1. The number of carbonyl (C=O) groups is 1. The topological polar surface area (TPSA) is 54.9 Å². The van der Waals surface area contributed by atoms with Gasteiger partial charge < -0.3 is 5.32 Å². The molecule has 0 bridgehead atoms. The molecule has 0 saturated heterocycles. The van der Waals surface area contributed by atoms with Crippen LogP contribution >= 0.6 is 23.1 Å². The second kappa shape index (κ2) is 5.97.